The van der Waals surface area contributed by atoms with Crippen LogP contribution in [0, 0.1) is 10.1 Å². The van der Waals surface area contributed by atoms with Crippen LogP contribution in [0.15, 0.2) is 72.8 Å². The van der Waals surface area contributed by atoms with E-state index in [1.807, 2.05) is 12.1 Å². The molecule has 0 unspecified atom stereocenters. The molecule has 0 spiro atoms. The fourth-order valence-corrected chi connectivity index (χ4v) is 3.99. The van der Waals surface area contributed by atoms with Crippen molar-refractivity contribution >= 4 is 56.7 Å². The van der Waals surface area contributed by atoms with Crippen molar-refractivity contribution in [2.45, 2.75) is 12.7 Å². The molecule has 4 rings (SSSR count). The van der Waals surface area contributed by atoms with E-state index < -0.39 is 35.5 Å². The van der Waals surface area contributed by atoms with E-state index in [1.54, 1.807) is 42.5 Å². The van der Waals surface area contributed by atoms with Gasteiger partial charge in [-0.15, -0.1) is 11.3 Å². The number of carbonyl (C=O) groups is 4. The zero-order valence-corrected chi connectivity index (χ0v) is 22.5. The number of anilines is 1. The number of hydrogen-bond donors (Lipinski definition) is 4. The summed E-state index contributed by atoms with van der Waals surface area (Å²) in [4.78, 5) is 58.5. The standard InChI is InChI=1S/C16H16N2O3.C8H5N3O3S.C2HF3O2/c17-10-12-5-4-6-13(9-12)16(21)18(11-15(19)20)14-7-2-1-3-8-14;9-7(12)8-10-5-2-1-4(11(13)14)3-6(5)15-8;3-2(4,5)1(6)7/h1-9H,10-11,17H2,(H,19,20);1-3H,(H2,9,12);(H,6,7). The predicted molar refractivity (Wildman–Crippen MR) is 149 cm³/mol. The zero-order chi connectivity index (χ0) is 32.3. The molecular weight excluding hydrogens is 599 g/mol. The lowest BCUT2D eigenvalue weighted by Crippen LogP contribution is -2.35. The van der Waals surface area contributed by atoms with Gasteiger partial charge in [0.2, 0.25) is 0 Å². The van der Waals surface area contributed by atoms with Gasteiger partial charge in [0.1, 0.15) is 6.54 Å². The molecule has 0 saturated heterocycles. The number of nitro benzene ring substituents is 1. The highest BCUT2D eigenvalue weighted by molar-refractivity contribution is 7.20. The van der Waals surface area contributed by atoms with E-state index in [0.717, 1.165) is 16.9 Å². The first-order valence-corrected chi connectivity index (χ1v) is 12.5. The van der Waals surface area contributed by atoms with Crippen LogP contribution < -0.4 is 16.4 Å². The first-order chi connectivity index (χ1) is 20.1. The summed E-state index contributed by atoms with van der Waals surface area (Å²) in [5.74, 6) is -4.81. The smallest absolute Gasteiger partial charge is 0.480 e. The largest absolute Gasteiger partial charge is 0.490 e. The maximum Gasteiger partial charge on any atom is 0.490 e. The lowest BCUT2D eigenvalue weighted by Gasteiger charge is -2.21. The van der Waals surface area contributed by atoms with Gasteiger partial charge in [-0.05, 0) is 35.9 Å². The quantitative estimate of drug-likeness (QED) is 0.173. The minimum absolute atomic E-state index is 0.0258. The first kappa shape index (κ1) is 33.8. The van der Waals surface area contributed by atoms with Crippen LogP contribution in [0.5, 0.6) is 0 Å². The number of alkyl halides is 3. The monoisotopic (exact) mass is 621 g/mol. The summed E-state index contributed by atoms with van der Waals surface area (Å²) in [5.41, 5.74) is 12.9. The number of rotatable bonds is 7. The van der Waals surface area contributed by atoms with Crippen molar-refractivity contribution in [3.63, 3.8) is 0 Å². The summed E-state index contributed by atoms with van der Waals surface area (Å²) in [6.07, 6.45) is -5.08. The van der Waals surface area contributed by atoms with Crippen LogP contribution in [0.1, 0.15) is 25.7 Å². The van der Waals surface area contributed by atoms with Crippen LogP contribution in [0.3, 0.4) is 0 Å². The molecule has 2 amide bonds. The second-order valence-corrected chi connectivity index (χ2v) is 9.15. The Labute approximate surface area is 243 Å². The Hall–Kier alpha value is -5.42. The molecule has 6 N–H and O–H groups in total. The number of thiazole rings is 1. The van der Waals surface area contributed by atoms with Crippen LogP contribution in [0.4, 0.5) is 24.5 Å². The molecular formula is C26H22F3N5O8S. The molecule has 1 heterocycles. The van der Waals surface area contributed by atoms with E-state index in [0.29, 0.717) is 28.0 Å². The van der Waals surface area contributed by atoms with Gasteiger partial charge >= 0.3 is 18.1 Å². The molecule has 0 radical (unpaired) electrons. The van der Waals surface area contributed by atoms with Crippen molar-refractivity contribution in [3.8, 4) is 0 Å². The highest BCUT2D eigenvalue weighted by Crippen LogP contribution is 2.26. The summed E-state index contributed by atoms with van der Waals surface area (Å²) < 4.78 is 32.3. The van der Waals surface area contributed by atoms with Crippen molar-refractivity contribution in [2.75, 3.05) is 11.4 Å². The minimum Gasteiger partial charge on any atom is -0.480 e. The molecule has 1 aromatic heterocycles. The van der Waals surface area contributed by atoms with E-state index in [4.69, 9.17) is 26.5 Å². The van der Waals surface area contributed by atoms with Crippen molar-refractivity contribution in [2.24, 2.45) is 11.5 Å². The topological polar surface area (TPSA) is 220 Å². The molecule has 17 heteroatoms. The number of primary amides is 1. The number of amides is 2. The molecule has 0 aliphatic heterocycles. The van der Waals surface area contributed by atoms with Gasteiger partial charge in [0.25, 0.3) is 17.5 Å². The molecule has 43 heavy (non-hydrogen) atoms. The lowest BCUT2D eigenvalue weighted by molar-refractivity contribution is -0.384. The van der Waals surface area contributed by atoms with Crippen LogP contribution in [0.2, 0.25) is 0 Å². The molecule has 0 bridgehead atoms. The van der Waals surface area contributed by atoms with Crippen LogP contribution in [0.25, 0.3) is 10.2 Å². The van der Waals surface area contributed by atoms with E-state index >= 15 is 0 Å². The van der Waals surface area contributed by atoms with E-state index in [2.05, 4.69) is 4.98 Å². The predicted octanol–water partition coefficient (Wildman–Crippen LogP) is 3.81. The molecule has 0 saturated carbocycles. The van der Waals surface area contributed by atoms with Gasteiger partial charge < -0.3 is 21.7 Å². The Morgan fingerprint density at radius 2 is 1.60 bits per heavy atom. The molecule has 4 aromatic rings. The summed E-state index contributed by atoms with van der Waals surface area (Å²) in [5, 5.41) is 26.8. The Balaban J connectivity index is 0.000000255. The third-order valence-electron chi connectivity index (χ3n) is 5.05. The summed E-state index contributed by atoms with van der Waals surface area (Å²) in [6.45, 7) is -0.0684. The average molecular weight is 622 g/mol. The molecule has 0 aliphatic rings. The average Bonchev–Trinajstić information content (AvgIpc) is 3.40. The Kier molecular flexibility index (Phi) is 11.8. The maximum absolute atomic E-state index is 12.6. The normalized spacial score (nSPS) is 10.4. The van der Waals surface area contributed by atoms with Crippen LogP contribution in [-0.2, 0) is 16.1 Å². The van der Waals surface area contributed by atoms with Crippen molar-refractivity contribution in [3.05, 3.63) is 99.0 Å². The Morgan fingerprint density at radius 1 is 0.977 bits per heavy atom. The van der Waals surface area contributed by atoms with E-state index in [1.165, 1.54) is 23.1 Å². The van der Waals surface area contributed by atoms with E-state index in [9.17, 15) is 37.7 Å². The fraction of sp³-hybridized carbons (Fsp3) is 0.115. The molecule has 3 aromatic carbocycles. The van der Waals surface area contributed by atoms with Crippen LogP contribution >= 0.6 is 11.3 Å². The van der Waals surface area contributed by atoms with Gasteiger partial charge in [0, 0.05) is 29.9 Å². The number of nitrogens with two attached hydrogens (primary N) is 2. The maximum atomic E-state index is 12.6. The number of nitro groups is 1. The van der Waals surface area contributed by atoms with Gasteiger partial charge in [-0.2, -0.15) is 13.2 Å². The molecule has 0 aliphatic carbocycles. The number of fused-ring (bicyclic) bond motifs is 1. The number of aromatic nitrogens is 1. The van der Waals surface area contributed by atoms with Gasteiger partial charge in [0.15, 0.2) is 5.01 Å². The zero-order valence-electron chi connectivity index (χ0n) is 21.7. The second-order valence-electron chi connectivity index (χ2n) is 8.12. The number of halogens is 3. The number of carbonyl (C=O) groups excluding carboxylic acids is 2. The van der Waals surface area contributed by atoms with Gasteiger partial charge in [-0.1, -0.05) is 30.3 Å². The SMILES string of the molecule is NC(=O)c1nc2ccc([N+](=O)[O-])cc2s1.NCc1cccc(C(=O)N(CC(=O)O)c2ccccc2)c1.O=C(O)C(F)(F)F. The van der Waals surface area contributed by atoms with E-state index in [-0.39, 0.29) is 16.6 Å². The van der Waals surface area contributed by atoms with Crippen molar-refractivity contribution < 1.29 is 47.5 Å². The molecule has 0 atom stereocenters. The molecule has 226 valence electrons. The number of carboxylic acids is 2. The number of aliphatic carboxylic acids is 2. The highest BCUT2D eigenvalue weighted by Gasteiger charge is 2.38. The number of carboxylic acid groups (broad SMARTS) is 2. The highest BCUT2D eigenvalue weighted by atomic mass is 32.1. The number of para-hydroxylation sites is 1. The number of non-ortho nitro benzene ring substituents is 1. The minimum atomic E-state index is -5.08. The number of hydrogen-bond acceptors (Lipinski definition) is 9. The Morgan fingerprint density at radius 3 is 2.12 bits per heavy atom. The van der Waals surface area contributed by atoms with Crippen LogP contribution in [-0.4, -0.2) is 56.6 Å². The number of nitrogens with zero attached hydrogens (tertiary/aromatic N) is 3. The van der Waals surface area contributed by atoms with Crippen molar-refractivity contribution in [1.82, 2.24) is 4.98 Å². The van der Waals surface area contributed by atoms with Gasteiger partial charge in [-0.3, -0.25) is 29.4 Å². The summed E-state index contributed by atoms with van der Waals surface area (Å²) in [6, 6.07) is 19.8. The fourth-order valence-electron chi connectivity index (χ4n) is 3.14. The molecule has 13 nitrogen and oxygen atoms in total. The summed E-state index contributed by atoms with van der Waals surface area (Å²) >= 11 is 1.05. The lowest BCUT2D eigenvalue weighted by atomic mass is 10.1. The molecule has 0 fully saturated rings. The third-order valence-corrected chi connectivity index (χ3v) is 6.08. The van der Waals surface area contributed by atoms with Gasteiger partial charge in [0.05, 0.1) is 15.1 Å². The first-order valence-electron chi connectivity index (χ1n) is 11.7. The van der Waals surface area contributed by atoms with Crippen molar-refractivity contribution in [1.29, 1.82) is 0 Å². The number of benzene rings is 3. The Bertz CT molecular complexity index is 1620. The second kappa shape index (κ2) is 15.0. The van der Waals surface area contributed by atoms with Gasteiger partial charge in [-0.25, -0.2) is 9.78 Å². The summed E-state index contributed by atoms with van der Waals surface area (Å²) in [7, 11) is 0. The third kappa shape index (κ3) is 10.2.